The minimum Gasteiger partial charge on any atom is -0.392 e. The summed E-state index contributed by atoms with van der Waals surface area (Å²) < 4.78 is 0. The van der Waals surface area contributed by atoms with Gasteiger partial charge >= 0.3 is 0 Å². The van der Waals surface area contributed by atoms with Crippen LogP contribution >= 0.6 is 0 Å². The van der Waals surface area contributed by atoms with E-state index >= 15 is 0 Å². The van der Waals surface area contributed by atoms with Gasteiger partial charge in [-0.25, -0.2) is 0 Å². The van der Waals surface area contributed by atoms with Crippen molar-refractivity contribution in [2.24, 2.45) is 0 Å². The number of aliphatic hydroxyl groups is 1. The molecule has 1 spiro atoms. The molecule has 1 aromatic heterocycles. The van der Waals surface area contributed by atoms with Gasteiger partial charge in [-0.3, -0.25) is 19.6 Å². The lowest BCUT2D eigenvalue weighted by atomic mass is 9.83. The molecule has 0 radical (unpaired) electrons. The Morgan fingerprint density at radius 3 is 2.66 bits per heavy atom. The van der Waals surface area contributed by atoms with Crippen molar-refractivity contribution in [3.8, 4) is 0 Å². The van der Waals surface area contributed by atoms with Crippen LogP contribution in [0.1, 0.15) is 22.3 Å². The summed E-state index contributed by atoms with van der Waals surface area (Å²) in [4.78, 5) is 24.8. The molecule has 1 amide bonds. The summed E-state index contributed by atoms with van der Waals surface area (Å²) in [6, 6.07) is 20.2. The Hall–Kier alpha value is -2.80. The van der Waals surface area contributed by atoms with Gasteiger partial charge in [0.1, 0.15) is 0 Å². The summed E-state index contributed by atoms with van der Waals surface area (Å²) in [7, 11) is 0. The van der Waals surface area contributed by atoms with Crippen molar-refractivity contribution in [1.29, 1.82) is 0 Å². The fourth-order valence-electron chi connectivity index (χ4n) is 5.97. The second kappa shape index (κ2) is 7.66. The molecule has 3 aromatic rings. The van der Waals surface area contributed by atoms with Crippen LogP contribution in [0, 0.1) is 0 Å². The van der Waals surface area contributed by atoms with Crippen molar-refractivity contribution in [1.82, 2.24) is 19.7 Å². The Balaban J connectivity index is 1.20. The number of carbonyl (C=O) groups is 1. The predicted molar refractivity (Wildman–Crippen MR) is 123 cm³/mol. The molecule has 6 rings (SSSR count). The molecule has 0 bridgehead atoms. The van der Waals surface area contributed by atoms with E-state index in [1.54, 1.807) is 0 Å². The molecule has 3 fully saturated rings. The molecule has 6 heteroatoms. The van der Waals surface area contributed by atoms with Gasteiger partial charge in [0.15, 0.2) is 0 Å². The van der Waals surface area contributed by atoms with Gasteiger partial charge in [-0.05, 0) is 36.2 Å². The number of hydrogen-bond donors (Lipinski definition) is 1. The number of amides is 1. The first-order valence-electron chi connectivity index (χ1n) is 11.4. The summed E-state index contributed by atoms with van der Waals surface area (Å²) >= 11 is 0. The molecule has 2 aromatic carbocycles. The van der Waals surface area contributed by atoms with Gasteiger partial charge in [-0.1, -0.05) is 36.4 Å². The molecule has 3 aliphatic rings. The third-order valence-electron chi connectivity index (χ3n) is 7.32. The number of β-amino-alcohol motifs (C(OH)–C–C–N with tert-alkyl or cyclic N) is 1. The lowest BCUT2D eigenvalue weighted by Crippen LogP contribution is -2.78. The van der Waals surface area contributed by atoms with Crippen LogP contribution in [0.25, 0.3) is 10.9 Å². The Bertz CT molecular complexity index is 1140. The number of pyridine rings is 1. The van der Waals surface area contributed by atoms with Crippen molar-refractivity contribution < 1.29 is 9.90 Å². The van der Waals surface area contributed by atoms with E-state index in [1.165, 1.54) is 10.9 Å². The fourth-order valence-corrected chi connectivity index (χ4v) is 5.97. The number of benzene rings is 2. The predicted octanol–water partition coefficient (Wildman–Crippen LogP) is 2.38. The molecule has 2 unspecified atom stereocenters. The van der Waals surface area contributed by atoms with E-state index in [2.05, 4.69) is 26.9 Å². The average molecular weight is 429 g/mol. The Morgan fingerprint density at radius 1 is 1.03 bits per heavy atom. The topological polar surface area (TPSA) is 59.9 Å². The van der Waals surface area contributed by atoms with Crippen molar-refractivity contribution in [2.45, 2.75) is 30.7 Å². The molecule has 0 saturated carbocycles. The zero-order valence-corrected chi connectivity index (χ0v) is 18.1. The van der Waals surface area contributed by atoms with Crippen LogP contribution in [0.15, 0.2) is 66.9 Å². The lowest BCUT2D eigenvalue weighted by molar-refractivity contribution is -0.108. The van der Waals surface area contributed by atoms with E-state index in [-0.39, 0.29) is 23.6 Å². The maximum absolute atomic E-state index is 13.2. The summed E-state index contributed by atoms with van der Waals surface area (Å²) in [5, 5.41) is 11.6. The first-order chi connectivity index (χ1) is 15.6. The van der Waals surface area contributed by atoms with E-state index < -0.39 is 0 Å². The molecular weight excluding hydrogens is 400 g/mol. The van der Waals surface area contributed by atoms with Crippen molar-refractivity contribution in [2.75, 3.05) is 32.7 Å². The summed E-state index contributed by atoms with van der Waals surface area (Å²) in [5.41, 5.74) is 2.90. The maximum atomic E-state index is 13.2. The highest BCUT2D eigenvalue weighted by molar-refractivity contribution is 5.94. The van der Waals surface area contributed by atoms with Crippen molar-refractivity contribution >= 4 is 16.8 Å². The number of nitrogens with zero attached hydrogens (tertiary/aromatic N) is 4. The number of aliphatic hydroxyl groups excluding tert-OH is 1. The van der Waals surface area contributed by atoms with Gasteiger partial charge in [0.05, 0.1) is 17.2 Å². The van der Waals surface area contributed by atoms with E-state index in [4.69, 9.17) is 0 Å². The number of aromatic nitrogens is 1. The fraction of sp³-hybridized carbons (Fsp3) is 0.385. The minimum absolute atomic E-state index is 0.0743. The van der Waals surface area contributed by atoms with Gasteiger partial charge in [0.2, 0.25) is 0 Å². The van der Waals surface area contributed by atoms with Gasteiger partial charge in [0.25, 0.3) is 5.91 Å². The Kier molecular flexibility index (Phi) is 4.75. The molecule has 1 N–H and O–H groups in total. The second-order valence-electron chi connectivity index (χ2n) is 9.65. The van der Waals surface area contributed by atoms with Gasteiger partial charge in [0, 0.05) is 62.5 Å². The zero-order chi connectivity index (χ0) is 21.7. The second-order valence-corrected chi connectivity index (χ2v) is 9.65. The number of carbonyl (C=O) groups excluding carboxylic acids is 1. The number of fused-ring (bicyclic) bond motifs is 3. The van der Waals surface area contributed by atoms with Crippen LogP contribution in [-0.4, -0.2) is 81.1 Å². The number of likely N-dealkylation sites (tertiary alicyclic amines) is 1. The van der Waals surface area contributed by atoms with E-state index in [0.717, 1.165) is 43.7 Å². The van der Waals surface area contributed by atoms with Crippen LogP contribution < -0.4 is 0 Å². The first kappa shape index (κ1) is 19.9. The summed E-state index contributed by atoms with van der Waals surface area (Å²) in [6.07, 6.45) is 2.42. The molecule has 164 valence electrons. The Morgan fingerprint density at radius 2 is 1.81 bits per heavy atom. The largest absolute Gasteiger partial charge is 0.392 e. The molecule has 6 nitrogen and oxygen atoms in total. The maximum Gasteiger partial charge on any atom is 0.253 e. The highest BCUT2D eigenvalue weighted by atomic mass is 16.3. The standard InChI is InChI=1S/C26H28N4O2/c31-23-11-22-14-29(25(32)20-6-2-1-3-7-20)18-26(30(22)15-23)16-28(17-26)13-19-10-21-8-4-5-9-24(21)27-12-19/h1-10,12,22-23,31H,11,13-18H2. The van der Waals surface area contributed by atoms with Crippen LogP contribution in [0.2, 0.25) is 0 Å². The van der Waals surface area contributed by atoms with E-state index in [9.17, 15) is 9.90 Å². The van der Waals surface area contributed by atoms with Gasteiger partial charge in [-0.2, -0.15) is 0 Å². The smallest absolute Gasteiger partial charge is 0.253 e. The number of para-hydroxylation sites is 1. The van der Waals surface area contributed by atoms with Crippen molar-refractivity contribution in [3.05, 3.63) is 78.0 Å². The quantitative estimate of drug-likeness (QED) is 0.694. The number of piperazine rings is 1. The SMILES string of the molecule is O=C(c1ccccc1)N1CC2CC(O)CN2C2(CN(Cc3cnc4ccccc4c3)C2)C1. The van der Waals surface area contributed by atoms with Crippen molar-refractivity contribution in [3.63, 3.8) is 0 Å². The van der Waals surface area contributed by atoms with Gasteiger partial charge < -0.3 is 10.0 Å². The van der Waals surface area contributed by atoms with E-state index in [0.29, 0.717) is 13.1 Å². The number of hydrogen-bond acceptors (Lipinski definition) is 5. The molecule has 3 aliphatic heterocycles. The van der Waals surface area contributed by atoms with E-state index in [1.807, 2.05) is 59.6 Å². The molecule has 0 aliphatic carbocycles. The summed E-state index contributed by atoms with van der Waals surface area (Å²) in [5.74, 6) is 0.100. The van der Waals surface area contributed by atoms with Crippen LogP contribution in [0.4, 0.5) is 0 Å². The summed E-state index contributed by atoms with van der Waals surface area (Å²) in [6.45, 7) is 4.79. The number of rotatable bonds is 3. The van der Waals surface area contributed by atoms with Crippen LogP contribution in [-0.2, 0) is 6.54 Å². The van der Waals surface area contributed by atoms with Crippen LogP contribution in [0.3, 0.4) is 0 Å². The molecule has 3 saturated heterocycles. The molecule has 4 heterocycles. The lowest BCUT2D eigenvalue weighted by Gasteiger charge is -2.61. The minimum atomic E-state index is -0.303. The highest BCUT2D eigenvalue weighted by Crippen LogP contribution is 2.39. The third kappa shape index (κ3) is 3.39. The van der Waals surface area contributed by atoms with Gasteiger partial charge in [-0.15, -0.1) is 0 Å². The molecule has 32 heavy (non-hydrogen) atoms. The van der Waals surface area contributed by atoms with Crippen LogP contribution in [0.5, 0.6) is 0 Å². The monoisotopic (exact) mass is 428 g/mol. The highest BCUT2D eigenvalue weighted by Gasteiger charge is 2.56. The first-order valence-corrected chi connectivity index (χ1v) is 11.4. The average Bonchev–Trinajstić information content (AvgIpc) is 3.18. The molecular formula is C26H28N4O2. The third-order valence-corrected chi connectivity index (χ3v) is 7.32. The molecule has 2 atom stereocenters. The zero-order valence-electron chi connectivity index (χ0n) is 18.1. The normalized spacial score (nSPS) is 25.1. The Labute approximate surface area is 188 Å².